The maximum atomic E-state index is 5.72. The minimum atomic E-state index is 0.421. The van der Waals surface area contributed by atoms with Gasteiger partial charge in [0.2, 0.25) is 0 Å². The van der Waals surface area contributed by atoms with Gasteiger partial charge < -0.3 is 10.1 Å². The number of hydrogen-bond donors (Lipinski definition) is 1. The summed E-state index contributed by atoms with van der Waals surface area (Å²) in [6, 6.07) is 0.788. The number of hydrogen-bond acceptors (Lipinski definition) is 3. The maximum absolute atomic E-state index is 5.72. The SMILES string of the molecule is CCN1CCOC(CNC2CCC2)C1. The fourth-order valence-corrected chi connectivity index (χ4v) is 2.10. The number of ether oxygens (including phenoxy) is 1. The Morgan fingerprint density at radius 2 is 2.29 bits per heavy atom. The third kappa shape index (κ3) is 2.69. The Balaban J connectivity index is 1.63. The quantitative estimate of drug-likeness (QED) is 0.725. The Morgan fingerprint density at radius 3 is 2.93 bits per heavy atom. The number of morpholine rings is 1. The van der Waals surface area contributed by atoms with E-state index in [1.54, 1.807) is 0 Å². The van der Waals surface area contributed by atoms with Crippen molar-refractivity contribution >= 4 is 0 Å². The largest absolute Gasteiger partial charge is 0.374 e. The minimum absolute atomic E-state index is 0.421. The molecule has 82 valence electrons. The van der Waals surface area contributed by atoms with Gasteiger partial charge in [0, 0.05) is 25.7 Å². The highest BCUT2D eigenvalue weighted by atomic mass is 16.5. The highest BCUT2D eigenvalue weighted by molar-refractivity contribution is 4.80. The molecule has 3 nitrogen and oxygen atoms in total. The normalized spacial score (nSPS) is 30.2. The number of rotatable bonds is 4. The standard InChI is InChI=1S/C11H22N2O/c1-2-13-6-7-14-11(9-13)8-12-10-4-3-5-10/h10-12H,2-9H2,1H3. The molecular formula is C11H22N2O. The number of nitrogens with one attached hydrogen (secondary N) is 1. The van der Waals surface area contributed by atoms with E-state index in [-0.39, 0.29) is 0 Å². The Labute approximate surface area is 86.8 Å². The summed E-state index contributed by atoms with van der Waals surface area (Å²) in [5.41, 5.74) is 0. The average Bonchev–Trinajstić information content (AvgIpc) is 2.16. The van der Waals surface area contributed by atoms with Crippen LogP contribution in [0.3, 0.4) is 0 Å². The fourth-order valence-electron chi connectivity index (χ4n) is 2.10. The predicted octanol–water partition coefficient (Wildman–Crippen LogP) is 0.849. The molecule has 0 radical (unpaired) electrons. The van der Waals surface area contributed by atoms with E-state index in [0.717, 1.165) is 38.8 Å². The molecule has 1 atom stereocenters. The monoisotopic (exact) mass is 198 g/mol. The van der Waals surface area contributed by atoms with Gasteiger partial charge in [-0.15, -0.1) is 0 Å². The summed E-state index contributed by atoms with van der Waals surface area (Å²) >= 11 is 0. The van der Waals surface area contributed by atoms with Gasteiger partial charge in [-0.25, -0.2) is 0 Å². The predicted molar refractivity (Wildman–Crippen MR) is 57.5 cm³/mol. The van der Waals surface area contributed by atoms with Gasteiger partial charge in [0.1, 0.15) is 0 Å². The van der Waals surface area contributed by atoms with Gasteiger partial charge in [-0.3, -0.25) is 4.90 Å². The van der Waals surface area contributed by atoms with E-state index >= 15 is 0 Å². The second-order valence-corrected chi connectivity index (χ2v) is 4.42. The molecule has 0 aromatic rings. The molecule has 0 spiro atoms. The molecule has 14 heavy (non-hydrogen) atoms. The molecule has 3 heteroatoms. The number of likely N-dealkylation sites (N-methyl/N-ethyl adjacent to an activating group) is 1. The lowest BCUT2D eigenvalue weighted by atomic mass is 9.93. The zero-order valence-corrected chi connectivity index (χ0v) is 9.17. The summed E-state index contributed by atoms with van der Waals surface area (Å²) in [5, 5.41) is 3.58. The van der Waals surface area contributed by atoms with Crippen molar-refractivity contribution in [2.75, 3.05) is 32.8 Å². The minimum Gasteiger partial charge on any atom is -0.374 e. The zero-order chi connectivity index (χ0) is 9.80. The molecule has 1 unspecified atom stereocenters. The van der Waals surface area contributed by atoms with Crippen molar-refractivity contribution in [2.24, 2.45) is 0 Å². The van der Waals surface area contributed by atoms with Crippen LogP contribution in [0.2, 0.25) is 0 Å². The Hall–Kier alpha value is -0.120. The van der Waals surface area contributed by atoms with Crippen LogP contribution in [0.5, 0.6) is 0 Å². The van der Waals surface area contributed by atoms with Crippen molar-refractivity contribution in [3.8, 4) is 0 Å². The van der Waals surface area contributed by atoms with Gasteiger partial charge in [0.25, 0.3) is 0 Å². The first-order chi connectivity index (χ1) is 6.88. The lowest BCUT2D eigenvalue weighted by Crippen LogP contribution is -2.49. The van der Waals surface area contributed by atoms with E-state index in [1.807, 2.05) is 0 Å². The third-order valence-corrected chi connectivity index (χ3v) is 3.41. The molecule has 1 aliphatic heterocycles. The second-order valence-electron chi connectivity index (χ2n) is 4.42. The molecule has 1 aliphatic carbocycles. The van der Waals surface area contributed by atoms with Crippen LogP contribution < -0.4 is 5.32 Å². The van der Waals surface area contributed by atoms with Crippen LogP contribution in [-0.2, 0) is 4.74 Å². The van der Waals surface area contributed by atoms with Crippen LogP contribution in [0.1, 0.15) is 26.2 Å². The van der Waals surface area contributed by atoms with Crippen LogP contribution in [0.4, 0.5) is 0 Å². The maximum Gasteiger partial charge on any atom is 0.0826 e. The van der Waals surface area contributed by atoms with Crippen LogP contribution in [-0.4, -0.2) is 49.8 Å². The molecule has 0 aromatic heterocycles. The van der Waals surface area contributed by atoms with Gasteiger partial charge in [-0.1, -0.05) is 13.3 Å². The molecular weight excluding hydrogens is 176 g/mol. The Kier molecular flexibility index (Phi) is 3.79. The first kappa shape index (κ1) is 10.4. The molecule has 1 heterocycles. The lowest BCUT2D eigenvalue weighted by Gasteiger charge is -2.34. The van der Waals surface area contributed by atoms with Crippen molar-refractivity contribution in [1.82, 2.24) is 10.2 Å². The van der Waals surface area contributed by atoms with Crippen LogP contribution in [0.25, 0.3) is 0 Å². The van der Waals surface area contributed by atoms with Crippen molar-refractivity contribution in [1.29, 1.82) is 0 Å². The highest BCUT2D eigenvalue weighted by Gasteiger charge is 2.22. The summed E-state index contributed by atoms with van der Waals surface area (Å²) in [7, 11) is 0. The van der Waals surface area contributed by atoms with Crippen LogP contribution >= 0.6 is 0 Å². The van der Waals surface area contributed by atoms with E-state index in [4.69, 9.17) is 4.74 Å². The van der Waals surface area contributed by atoms with Gasteiger partial charge in [0.05, 0.1) is 12.7 Å². The zero-order valence-electron chi connectivity index (χ0n) is 9.17. The Bertz CT molecular complexity index is 171. The van der Waals surface area contributed by atoms with E-state index < -0.39 is 0 Å². The Morgan fingerprint density at radius 1 is 1.43 bits per heavy atom. The number of nitrogens with zero attached hydrogens (tertiary/aromatic N) is 1. The topological polar surface area (TPSA) is 24.5 Å². The molecule has 2 fully saturated rings. The van der Waals surface area contributed by atoms with Crippen molar-refractivity contribution in [3.05, 3.63) is 0 Å². The summed E-state index contributed by atoms with van der Waals surface area (Å²) < 4.78 is 5.72. The van der Waals surface area contributed by atoms with Gasteiger partial charge in [-0.05, 0) is 19.4 Å². The summed E-state index contributed by atoms with van der Waals surface area (Å²) in [5.74, 6) is 0. The highest BCUT2D eigenvalue weighted by Crippen LogP contribution is 2.18. The van der Waals surface area contributed by atoms with Crippen molar-refractivity contribution in [3.63, 3.8) is 0 Å². The summed E-state index contributed by atoms with van der Waals surface area (Å²) in [6.45, 7) is 7.55. The molecule has 2 rings (SSSR count). The lowest BCUT2D eigenvalue weighted by molar-refractivity contribution is -0.0273. The smallest absolute Gasteiger partial charge is 0.0826 e. The van der Waals surface area contributed by atoms with E-state index in [2.05, 4.69) is 17.1 Å². The molecule has 2 aliphatic rings. The van der Waals surface area contributed by atoms with Crippen LogP contribution in [0.15, 0.2) is 0 Å². The van der Waals surface area contributed by atoms with Gasteiger partial charge in [0.15, 0.2) is 0 Å². The van der Waals surface area contributed by atoms with Crippen molar-refractivity contribution < 1.29 is 4.74 Å². The van der Waals surface area contributed by atoms with Gasteiger partial charge in [-0.2, -0.15) is 0 Å². The van der Waals surface area contributed by atoms with E-state index in [1.165, 1.54) is 19.3 Å². The van der Waals surface area contributed by atoms with Gasteiger partial charge >= 0.3 is 0 Å². The molecule has 0 amide bonds. The van der Waals surface area contributed by atoms with E-state index in [0.29, 0.717) is 6.10 Å². The van der Waals surface area contributed by atoms with E-state index in [9.17, 15) is 0 Å². The van der Waals surface area contributed by atoms with Crippen LogP contribution in [0, 0.1) is 0 Å². The second kappa shape index (κ2) is 5.10. The molecule has 0 bridgehead atoms. The molecule has 1 saturated carbocycles. The van der Waals surface area contributed by atoms with Crippen molar-refractivity contribution in [2.45, 2.75) is 38.3 Å². The fraction of sp³-hybridized carbons (Fsp3) is 1.00. The third-order valence-electron chi connectivity index (χ3n) is 3.41. The molecule has 0 aromatic carbocycles. The first-order valence-corrected chi connectivity index (χ1v) is 5.96. The summed E-state index contributed by atoms with van der Waals surface area (Å²) in [4.78, 5) is 2.47. The summed E-state index contributed by atoms with van der Waals surface area (Å²) in [6.07, 6.45) is 4.56. The molecule has 1 N–H and O–H groups in total. The average molecular weight is 198 g/mol. The molecule has 1 saturated heterocycles. The first-order valence-electron chi connectivity index (χ1n) is 5.96.